The fourth-order valence-corrected chi connectivity index (χ4v) is 4.22. The number of pyridine rings is 1. The van der Waals surface area contributed by atoms with E-state index in [-0.39, 0.29) is 10.8 Å². The van der Waals surface area contributed by atoms with Gasteiger partial charge < -0.3 is 19.7 Å². The predicted octanol–water partition coefficient (Wildman–Crippen LogP) is 4.48. The SMILES string of the molecule is CNc1c2ccccc2nc2cc(OCCCN3CCCC3)c(Cl)c(OC=O)c12. The average molecular weight is 414 g/mol. The van der Waals surface area contributed by atoms with E-state index in [0.717, 1.165) is 42.6 Å². The Morgan fingerprint density at radius 1 is 1.24 bits per heavy atom. The van der Waals surface area contributed by atoms with Gasteiger partial charge >= 0.3 is 0 Å². The Bertz CT molecular complexity index is 1030. The molecule has 2 aromatic carbocycles. The van der Waals surface area contributed by atoms with Gasteiger partial charge in [-0.15, -0.1) is 0 Å². The topological polar surface area (TPSA) is 63.7 Å². The van der Waals surface area contributed by atoms with Crippen LogP contribution in [0.25, 0.3) is 21.8 Å². The molecule has 0 aliphatic carbocycles. The van der Waals surface area contributed by atoms with Crippen LogP contribution in [0.1, 0.15) is 19.3 Å². The van der Waals surface area contributed by atoms with Crippen LogP contribution in [0.3, 0.4) is 0 Å². The van der Waals surface area contributed by atoms with Crippen molar-refractivity contribution in [3.63, 3.8) is 0 Å². The van der Waals surface area contributed by atoms with Gasteiger partial charge in [-0.1, -0.05) is 29.8 Å². The van der Waals surface area contributed by atoms with Gasteiger partial charge in [0.25, 0.3) is 6.47 Å². The number of anilines is 1. The standard InChI is InChI=1S/C22H24ClN3O3/c1-24-21-15-7-2-3-8-16(15)25-17-13-18(20(23)22(19(17)21)29-14-27)28-12-6-11-26-9-4-5-10-26/h2-3,7-8,13-14H,4-6,9-12H2,1H3,(H,24,25). The highest BCUT2D eigenvalue weighted by molar-refractivity contribution is 6.35. The number of carbonyl (C=O) groups excluding carboxylic acids is 1. The number of carbonyl (C=O) groups is 1. The fourth-order valence-electron chi connectivity index (χ4n) is 3.97. The van der Waals surface area contributed by atoms with Crippen molar-refractivity contribution < 1.29 is 14.3 Å². The minimum absolute atomic E-state index is 0.260. The van der Waals surface area contributed by atoms with Crippen molar-refractivity contribution in [3.05, 3.63) is 35.4 Å². The van der Waals surface area contributed by atoms with E-state index in [1.54, 1.807) is 0 Å². The number of halogens is 1. The second-order valence-electron chi connectivity index (χ2n) is 7.13. The van der Waals surface area contributed by atoms with Gasteiger partial charge in [0, 0.05) is 25.0 Å². The minimum Gasteiger partial charge on any atom is -0.492 e. The number of para-hydroxylation sites is 1. The lowest BCUT2D eigenvalue weighted by molar-refractivity contribution is -0.120. The van der Waals surface area contributed by atoms with Gasteiger partial charge in [0.1, 0.15) is 10.8 Å². The highest BCUT2D eigenvalue weighted by atomic mass is 35.5. The van der Waals surface area contributed by atoms with Crippen LogP contribution >= 0.6 is 11.6 Å². The minimum atomic E-state index is 0.260. The van der Waals surface area contributed by atoms with Gasteiger partial charge in [-0.05, 0) is 38.4 Å². The average Bonchev–Trinajstić information content (AvgIpc) is 3.26. The molecule has 0 saturated carbocycles. The van der Waals surface area contributed by atoms with Crippen molar-refractivity contribution in [2.75, 3.05) is 38.6 Å². The molecule has 1 N–H and O–H groups in total. The number of nitrogens with one attached hydrogen (secondary N) is 1. The summed E-state index contributed by atoms with van der Waals surface area (Å²) in [6.07, 6.45) is 3.46. The van der Waals surface area contributed by atoms with E-state index in [1.165, 1.54) is 12.8 Å². The first-order chi connectivity index (χ1) is 14.2. The van der Waals surface area contributed by atoms with Crippen LogP contribution in [0.15, 0.2) is 30.3 Å². The third kappa shape index (κ3) is 3.95. The van der Waals surface area contributed by atoms with E-state index < -0.39 is 0 Å². The van der Waals surface area contributed by atoms with E-state index in [4.69, 9.17) is 26.1 Å². The summed E-state index contributed by atoms with van der Waals surface area (Å²) < 4.78 is 11.3. The number of hydrogen-bond acceptors (Lipinski definition) is 6. The highest BCUT2D eigenvalue weighted by Gasteiger charge is 2.20. The first-order valence-electron chi connectivity index (χ1n) is 9.91. The van der Waals surface area contributed by atoms with Crippen LogP contribution in [0.2, 0.25) is 5.02 Å². The lowest BCUT2D eigenvalue weighted by atomic mass is 10.1. The van der Waals surface area contributed by atoms with Crippen molar-refractivity contribution in [3.8, 4) is 11.5 Å². The molecule has 6 nitrogen and oxygen atoms in total. The summed E-state index contributed by atoms with van der Waals surface area (Å²) >= 11 is 6.58. The van der Waals surface area contributed by atoms with Gasteiger partial charge in [-0.2, -0.15) is 0 Å². The molecule has 4 rings (SSSR count). The lowest BCUT2D eigenvalue weighted by Crippen LogP contribution is -2.21. The van der Waals surface area contributed by atoms with E-state index in [0.29, 0.717) is 29.7 Å². The normalized spacial score (nSPS) is 14.4. The maximum absolute atomic E-state index is 11.2. The predicted molar refractivity (Wildman–Crippen MR) is 116 cm³/mol. The summed E-state index contributed by atoms with van der Waals surface area (Å²) in [5, 5.41) is 5.06. The first-order valence-corrected chi connectivity index (χ1v) is 10.3. The number of nitrogens with zero attached hydrogens (tertiary/aromatic N) is 2. The number of hydrogen-bond donors (Lipinski definition) is 1. The molecule has 2 heterocycles. The molecule has 0 unspecified atom stereocenters. The molecule has 7 heteroatoms. The second kappa shape index (κ2) is 8.84. The van der Waals surface area contributed by atoms with E-state index in [9.17, 15) is 4.79 Å². The molecule has 0 bridgehead atoms. The summed E-state index contributed by atoms with van der Waals surface area (Å²) in [7, 11) is 1.82. The molecule has 1 aliphatic heterocycles. The fraction of sp³-hybridized carbons (Fsp3) is 0.364. The van der Waals surface area contributed by atoms with Crippen molar-refractivity contribution in [1.82, 2.24) is 9.88 Å². The number of ether oxygens (including phenoxy) is 2. The number of fused-ring (bicyclic) bond motifs is 2. The Morgan fingerprint density at radius 2 is 2.03 bits per heavy atom. The zero-order chi connectivity index (χ0) is 20.2. The lowest BCUT2D eigenvalue weighted by Gasteiger charge is -2.18. The maximum atomic E-state index is 11.2. The van der Waals surface area contributed by atoms with Crippen molar-refractivity contribution in [2.45, 2.75) is 19.3 Å². The van der Waals surface area contributed by atoms with Crippen molar-refractivity contribution in [2.24, 2.45) is 0 Å². The molecule has 1 aliphatic rings. The van der Waals surface area contributed by atoms with Crippen LogP contribution in [0.4, 0.5) is 5.69 Å². The first kappa shape index (κ1) is 19.7. The summed E-state index contributed by atoms with van der Waals surface area (Å²) in [6, 6.07) is 9.61. The Hall–Kier alpha value is -2.57. The third-order valence-electron chi connectivity index (χ3n) is 5.32. The van der Waals surface area contributed by atoms with E-state index in [1.807, 2.05) is 37.4 Å². The Balaban J connectivity index is 1.70. The molecule has 0 atom stereocenters. The van der Waals surface area contributed by atoms with Crippen LogP contribution in [-0.4, -0.2) is 49.6 Å². The van der Waals surface area contributed by atoms with Gasteiger partial charge in [-0.3, -0.25) is 4.79 Å². The molecule has 29 heavy (non-hydrogen) atoms. The van der Waals surface area contributed by atoms with Crippen LogP contribution < -0.4 is 14.8 Å². The Kier molecular flexibility index (Phi) is 6.02. The summed E-state index contributed by atoms with van der Waals surface area (Å²) in [4.78, 5) is 18.4. The second-order valence-corrected chi connectivity index (χ2v) is 7.51. The Morgan fingerprint density at radius 3 is 2.79 bits per heavy atom. The van der Waals surface area contributed by atoms with Gasteiger partial charge in [0.15, 0.2) is 5.75 Å². The molecule has 1 aromatic heterocycles. The molecule has 1 saturated heterocycles. The largest absolute Gasteiger partial charge is 0.492 e. The van der Waals surface area contributed by atoms with Crippen molar-refractivity contribution in [1.29, 1.82) is 0 Å². The van der Waals surface area contributed by atoms with Gasteiger partial charge in [0.2, 0.25) is 0 Å². The zero-order valence-corrected chi connectivity index (χ0v) is 17.2. The molecule has 0 radical (unpaired) electrons. The molecule has 3 aromatic rings. The zero-order valence-electron chi connectivity index (χ0n) is 16.4. The number of aromatic nitrogens is 1. The molecule has 152 valence electrons. The van der Waals surface area contributed by atoms with Crippen LogP contribution in [0.5, 0.6) is 11.5 Å². The number of likely N-dealkylation sites (tertiary alicyclic amines) is 1. The van der Waals surface area contributed by atoms with Crippen LogP contribution in [-0.2, 0) is 4.79 Å². The maximum Gasteiger partial charge on any atom is 0.298 e. The van der Waals surface area contributed by atoms with Gasteiger partial charge in [0.05, 0.1) is 28.7 Å². The third-order valence-corrected chi connectivity index (χ3v) is 5.68. The quantitative estimate of drug-likeness (QED) is 0.333. The number of rotatable bonds is 8. The monoisotopic (exact) mass is 413 g/mol. The smallest absolute Gasteiger partial charge is 0.298 e. The Labute approximate surface area is 174 Å². The van der Waals surface area contributed by atoms with Crippen LogP contribution in [0, 0.1) is 0 Å². The molecular weight excluding hydrogens is 390 g/mol. The number of benzene rings is 2. The summed E-state index contributed by atoms with van der Waals surface area (Å²) in [5.41, 5.74) is 2.30. The summed E-state index contributed by atoms with van der Waals surface area (Å²) in [5.74, 6) is 0.735. The molecule has 1 fully saturated rings. The molecule has 0 spiro atoms. The van der Waals surface area contributed by atoms with Crippen molar-refractivity contribution >= 4 is 45.6 Å². The molecule has 0 amide bonds. The van der Waals surface area contributed by atoms with E-state index >= 15 is 0 Å². The highest BCUT2D eigenvalue weighted by Crippen LogP contribution is 2.45. The summed E-state index contributed by atoms with van der Waals surface area (Å²) in [6.45, 7) is 4.26. The molecular formula is C22H24ClN3O3. The van der Waals surface area contributed by atoms with Gasteiger partial charge in [-0.25, -0.2) is 4.98 Å². The van der Waals surface area contributed by atoms with E-state index in [2.05, 4.69) is 10.2 Å².